The standard InChI is InChI=1S/C34H40N12O8S2/c1-3-11-35-29-39-31(43-33(41-29)45-13-17-53-18-14-45)37-25-9-7-23(27(21-25)55(47,48)49)5-6-24-8-10-26(22-28(24)56(50,51)52)38-32-40-30(36-12-4-2)42-34(44-32)46-15-19-54-20-16-46/h3-10,21-22H,1-2,11-20H2,(H,47,48,49)(H,50,51,52)(H2,35,37,39,41,43)(H2,36,38,40,42,44)/b6-5+. The van der Waals surface area contributed by atoms with E-state index in [0.717, 1.165) is 0 Å². The second-order valence-electron chi connectivity index (χ2n) is 12.1. The molecule has 2 aromatic heterocycles. The molecule has 56 heavy (non-hydrogen) atoms. The van der Waals surface area contributed by atoms with Crippen molar-refractivity contribution in [1.82, 2.24) is 29.9 Å². The van der Waals surface area contributed by atoms with Crippen LogP contribution >= 0.6 is 0 Å². The molecule has 2 fully saturated rings. The first-order chi connectivity index (χ1) is 26.9. The van der Waals surface area contributed by atoms with Crippen LogP contribution in [0, 0.1) is 0 Å². The molecule has 2 saturated heterocycles. The largest absolute Gasteiger partial charge is 0.378 e. The van der Waals surface area contributed by atoms with Crippen molar-refractivity contribution in [3.8, 4) is 0 Å². The first kappa shape index (κ1) is 39.9. The van der Waals surface area contributed by atoms with Crippen molar-refractivity contribution < 1.29 is 35.4 Å². The fourth-order valence-electron chi connectivity index (χ4n) is 5.52. The van der Waals surface area contributed by atoms with Gasteiger partial charge in [0, 0.05) is 50.6 Å². The zero-order valence-corrected chi connectivity index (χ0v) is 31.6. The molecule has 0 aliphatic carbocycles. The van der Waals surface area contributed by atoms with Crippen LogP contribution in [0.2, 0.25) is 0 Å². The fraction of sp³-hybridized carbons (Fsp3) is 0.294. The highest BCUT2D eigenvalue weighted by Crippen LogP contribution is 2.29. The van der Waals surface area contributed by atoms with E-state index < -0.39 is 30.0 Å². The van der Waals surface area contributed by atoms with Gasteiger partial charge in [-0.25, -0.2) is 0 Å². The monoisotopic (exact) mass is 808 g/mol. The summed E-state index contributed by atoms with van der Waals surface area (Å²) in [5, 5.41) is 12.0. The van der Waals surface area contributed by atoms with E-state index in [1.807, 2.05) is 9.80 Å². The molecule has 296 valence electrons. The van der Waals surface area contributed by atoms with Gasteiger partial charge in [0.1, 0.15) is 9.79 Å². The Morgan fingerprint density at radius 1 is 0.607 bits per heavy atom. The maximum Gasteiger partial charge on any atom is 0.295 e. The highest BCUT2D eigenvalue weighted by molar-refractivity contribution is 7.86. The number of nitrogens with zero attached hydrogens (tertiary/aromatic N) is 8. The van der Waals surface area contributed by atoms with E-state index in [-0.39, 0.29) is 46.3 Å². The van der Waals surface area contributed by atoms with Gasteiger partial charge in [-0.2, -0.15) is 46.7 Å². The molecule has 4 heterocycles. The maximum atomic E-state index is 12.6. The van der Waals surface area contributed by atoms with Gasteiger partial charge >= 0.3 is 0 Å². The molecule has 0 radical (unpaired) electrons. The van der Waals surface area contributed by atoms with Gasteiger partial charge in [0.2, 0.25) is 35.7 Å². The van der Waals surface area contributed by atoms with Crippen LogP contribution in [-0.2, 0) is 29.7 Å². The van der Waals surface area contributed by atoms with Gasteiger partial charge in [-0.3, -0.25) is 9.11 Å². The number of hydrogen-bond donors (Lipinski definition) is 6. The minimum absolute atomic E-state index is 0.0138. The second kappa shape index (κ2) is 17.8. The summed E-state index contributed by atoms with van der Waals surface area (Å²) in [6.45, 7) is 12.4. The summed E-state index contributed by atoms with van der Waals surface area (Å²) < 4.78 is 81.6. The van der Waals surface area contributed by atoms with Gasteiger partial charge in [-0.15, -0.1) is 13.2 Å². The summed E-state index contributed by atoms with van der Waals surface area (Å²) in [4.78, 5) is 29.5. The molecular weight excluding hydrogens is 769 g/mol. The predicted molar refractivity (Wildman–Crippen MR) is 211 cm³/mol. The lowest BCUT2D eigenvalue weighted by Gasteiger charge is -2.27. The van der Waals surface area contributed by atoms with Gasteiger partial charge in [-0.05, 0) is 35.4 Å². The fourth-order valence-corrected chi connectivity index (χ4v) is 6.94. The highest BCUT2D eigenvalue weighted by atomic mass is 32.2. The first-order valence-corrected chi connectivity index (χ1v) is 20.1. The topological polar surface area (TPSA) is 259 Å². The molecule has 0 amide bonds. The summed E-state index contributed by atoms with van der Waals surface area (Å²) in [6, 6.07) is 8.21. The Balaban J connectivity index is 1.27. The number of ether oxygens (including phenoxy) is 2. The van der Waals surface area contributed by atoms with Gasteiger partial charge in [0.25, 0.3) is 20.2 Å². The van der Waals surface area contributed by atoms with Crippen molar-refractivity contribution in [2.24, 2.45) is 0 Å². The molecule has 6 rings (SSSR count). The minimum Gasteiger partial charge on any atom is -0.378 e. The molecular formula is C34H40N12O8S2. The van der Waals surface area contributed by atoms with E-state index in [9.17, 15) is 25.9 Å². The van der Waals surface area contributed by atoms with Crippen LogP contribution in [0.1, 0.15) is 11.1 Å². The second-order valence-corrected chi connectivity index (χ2v) is 14.9. The first-order valence-electron chi connectivity index (χ1n) is 17.2. The van der Waals surface area contributed by atoms with E-state index in [1.165, 1.54) is 48.6 Å². The molecule has 20 nitrogen and oxygen atoms in total. The summed E-state index contributed by atoms with van der Waals surface area (Å²) in [5.41, 5.74) is 0.464. The van der Waals surface area contributed by atoms with E-state index >= 15 is 0 Å². The zero-order valence-electron chi connectivity index (χ0n) is 30.0. The molecule has 0 atom stereocenters. The Morgan fingerprint density at radius 3 is 1.34 bits per heavy atom. The van der Waals surface area contributed by atoms with Crippen molar-refractivity contribution in [3.63, 3.8) is 0 Å². The van der Waals surface area contributed by atoms with Gasteiger partial charge in [0.15, 0.2) is 0 Å². The van der Waals surface area contributed by atoms with Crippen molar-refractivity contribution in [2.75, 3.05) is 96.8 Å². The summed E-state index contributed by atoms with van der Waals surface area (Å²) in [6.07, 6.45) is 5.86. The number of morpholine rings is 2. The molecule has 2 aliphatic heterocycles. The van der Waals surface area contributed by atoms with Crippen LogP contribution in [0.15, 0.2) is 71.5 Å². The third kappa shape index (κ3) is 10.5. The molecule has 6 N–H and O–H groups in total. The Kier molecular flexibility index (Phi) is 12.7. The van der Waals surface area contributed by atoms with Crippen LogP contribution in [0.5, 0.6) is 0 Å². The normalized spacial score (nSPS) is 15.0. The lowest BCUT2D eigenvalue weighted by Crippen LogP contribution is -2.37. The van der Waals surface area contributed by atoms with Crippen LogP contribution in [-0.4, -0.2) is 122 Å². The Morgan fingerprint density at radius 2 is 0.982 bits per heavy atom. The molecule has 0 unspecified atom stereocenters. The summed E-state index contributed by atoms with van der Waals surface area (Å²) >= 11 is 0. The number of aromatic nitrogens is 6. The average Bonchev–Trinajstić information content (AvgIpc) is 3.19. The van der Waals surface area contributed by atoms with Crippen molar-refractivity contribution in [2.45, 2.75) is 9.79 Å². The number of hydrogen-bond acceptors (Lipinski definition) is 18. The van der Waals surface area contributed by atoms with E-state index in [0.29, 0.717) is 77.6 Å². The number of nitrogens with one attached hydrogen (secondary N) is 4. The van der Waals surface area contributed by atoms with Gasteiger partial charge < -0.3 is 40.5 Å². The third-order valence-corrected chi connectivity index (χ3v) is 10.0. The van der Waals surface area contributed by atoms with Crippen LogP contribution in [0.3, 0.4) is 0 Å². The zero-order chi connectivity index (χ0) is 39.7. The van der Waals surface area contributed by atoms with Crippen LogP contribution in [0.4, 0.5) is 47.1 Å². The quantitative estimate of drug-likeness (QED) is 0.0540. The SMILES string of the molecule is C=CCNc1nc(Nc2ccc(/C=C/c3ccc(Nc4nc(NCC=C)nc(N5CCOCC5)n4)cc3S(=O)(=O)O)c(S(=O)(=O)O)c2)nc(N2CCOCC2)n1. The van der Waals surface area contributed by atoms with Crippen LogP contribution < -0.4 is 31.1 Å². The third-order valence-electron chi connectivity index (χ3n) is 8.18. The Bertz CT molecular complexity index is 2160. The van der Waals surface area contributed by atoms with Crippen molar-refractivity contribution in [1.29, 1.82) is 0 Å². The van der Waals surface area contributed by atoms with Gasteiger partial charge in [0.05, 0.1) is 26.4 Å². The van der Waals surface area contributed by atoms with E-state index in [1.54, 1.807) is 12.2 Å². The molecule has 0 spiro atoms. The maximum absolute atomic E-state index is 12.6. The lowest BCUT2D eigenvalue weighted by atomic mass is 10.1. The number of rotatable bonds is 16. The molecule has 0 bridgehead atoms. The molecule has 2 aromatic carbocycles. The highest BCUT2D eigenvalue weighted by Gasteiger charge is 2.21. The van der Waals surface area contributed by atoms with Crippen molar-refractivity contribution in [3.05, 3.63) is 72.8 Å². The molecule has 0 saturated carbocycles. The number of anilines is 8. The molecule has 2 aliphatic rings. The van der Waals surface area contributed by atoms with Gasteiger partial charge in [-0.1, -0.05) is 36.4 Å². The van der Waals surface area contributed by atoms with E-state index in [4.69, 9.17) is 9.47 Å². The summed E-state index contributed by atoms with van der Waals surface area (Å²) in [5.74, 6) is 1.46. The minimum atomic E-state index is -4.81. The molecule has 4 aromatic rings. The lowest BCUT2D eigenvalue weighted by molar-refractivity contribution is 0.122. The average molecular weight is 809 g/mol. The summed E-state index contributed by atoms with van der Waals surface area (Å²) in [7, 11) is -9.61. The predicted octanol–water partition coefficient (Wildman–Crippen LogP) is 3.08. The van der Waals surface area contributed by atoms with E-state index in [2.05, 4.69) is 64.3 Å². The molecule has 22 heteroatoms. The Hall–Kier alpha value is -5.78. The van der Waals surface area contributed by atoms with Crippen molar-refractivity contribution >= 4 is 79.5 Å². The number of benzene rings is 2. The smallest absolute Gasteiger partial charge is 0.295 e. The van der Waals surface area contributed by atoms with Crippen LogP contribution in [0.25, 0.3) is 12.2 Å². The Labute approximate surface area is 323 Å².